The number of rotatable bonds is 17. The Bertz CT molecular complexity index is 900. The van der Waals surface area contributed by atoms with E-state index in [1.165, 1.54) is 86.5 Å². The van der Waals surface area contributed by atoms with E-state index in [9.17, 15) is 15.1 Å². The predicted molar refractivity (Wildman–Crippen MR) is 148 cm³/mol. The summed E-state index contributed by atoms with van der Waals surface area (Å²) in [6.45, 7) is 4.50. The minimum Gasteiger partial charge on any atom is -0.539 e. The monoisotopic (exact) mass is 478 g/mol. The first-order valence-corrected chi connectivity index (χ1v) is 14.0. The van der Waals surface area contributed by atoms with Crippen LogP contribution in [0.3, 0.4) is 0 Å². The first kappa shape index (κ1) is 27.8. The van der Waals surface area contributed by atoms with Gasteiger partial charge in [0.1, 0.15) is 5.75 Å². The predicted octanol–water partition coefficient (Wildman–Crippen LogP) is 5.77. The molecule has 3 N–H and O–H groups in total. The quantitative estimate of drug-likeness (QED) is 0.200. The summed E-state index contributed by atoms with van der Waals surface area (Å²) in [5.41, 5.74) is 5.28. The largest absolute Gasteiger partial charge is 0.539 e. The fourth-order valence-electron chi connectivity index (χ4n) is 5.89. The molecule has 4 nitrogen and oxygen atoms in total. The van der Waals surface area contributed by atoms with Crippen LogP contribution in [0.4, 0.5) is 0 Å². The van der Waals surface area contributed by atoms with Crippen LogP contribution in [0.15, 0.2) is 36.4 Å². The Morgan fingerprint density at radius 1 is 0.714 bits per heavy atom. The molecule has 0 heterocycles. The molecule has 0 fully saturated rings. The molecule has 0 aliphatic heterocycles. The minimum atomic E-state index is -1.47. The van der Waals surface area contributed by atoms with Gasteiger partial charge in [-0.2, -0.15) is 0 Å². The topological polar surface area (TPSA) is 69.9 Å². The van der Waals surface area contributed by atoms with Crippen molar-refractivity contribution in [3.05, 3.63) is 47.5 Å². The fourth-order valence-corrected chi connectivity index (χ4v) is 5.89. The maximum atomic E-state index is 9.96. The SMILES string of the molecule is CCCCCCCCC1(CCCCCCCC)c2cc(OBO)ccc2-c2ccc(B(O)O)cc21. The zero-order valence-corrected chi connectivity index (χ0v) is 21.9. The molecule has 6 heteroatoms. The van der Waals surface area contributed by atoms with Crippen molar-refractivity contribution in [3.63, 3.8) is 0 Å². The third-order valence-electron chi connectivity index (χ3n) is 7.80. The Morgan fingerprint density at radius 3 is 1.77 bits per heavy atom. The van der Waals surface area contributed by atoms with Crippen molar-refractivity contribution in [1.29, 1.82) is 0 Å². The standard InChI is InChI=1S/C29H44B2O4/c1-3-5-7-9-11-13-19-29(20-14-12-10-8-6-4-2)27-21-23(31(33)34)15-17-25(27)26-18-16-24(35-30-32)22-28(26)29/h15-18,21-22,30,32-34H,3-14,19-20H2,1-2H3. The molecule has 0 saturated heterocycles. The van der Waals surface area contributed by atoms with Gasteiger partial charge in [-0.3, -0.25) is 0 Å². The third kappa shape index (κ3) is 6.93. The summed E-state index contributed by atoms with van der Waals surface area (Å²) in [6, 6.07) is 12.1. The first-order chi connectivity index (χ1) is 17.1. The van der Waals surface area contributed by atoms with Crippen LogP contribution in [0.5, 0.6) is 5.75 Å². The highest BCUT2D eigenvalue weighted by atomic mass is 16.5. The van der Waals surface area contributed by atoms with Crippen molar-refractivity contribution in [2.75, 3.05) is 0 Å². The van der Waals surface area contributed by atoms with Gasteiger partial charge in [-0.15, -0.1) is 0 Å². The molecule has 1 aliphatic rings. The van der Waals surface area contributed by atoms with Crippen LogP contribution in [-0.2, 0) is 5.41 Å². The van der Waals surface area contributed by atoms with Crippen LogP contribution < -0.4 is 10.1 Å². The molecule has 0 atom stereocenters. The van der Waals surface area contributed by atoms with E-state index in [1.807, 2.05) is 18.2 Å². The van der Waals surface area contributed by atoms with Crippen molar-refractivity contribution in [2.24, 2.45) is 0 Å². The molecular formula is C29H44B2O4. The van der Waals surface area contributed by atoms with Gasteiger partial charge in [0.25, 0.3) is 0 Å². The maximum Gasteiger partial charge on any atom is 0.504 e. The number of fused-ring (bicyclic) bond motifs is 3. The lowest BCUT2D eigenvalue weighted by Gasteiger charge is -2.33. The molecule has 1 aliphatic carbocycles. The number of hydrogen-bond donors (Lipinski definition) is 3. The highest BCUT2D eigenvalue weighted by Gasteiger charge is 2.43. The molecule has 0 bridgehead atoms. The zero-order chi connectivity index (χ0) is 25.1. The molecule has 0 saturated carbocycles. The van der Waals surface area contributed by atoms with Crippen molar-refractivity contribution < 1.29 is 19.7 Å². The number of hydrogen-bond acceptors (Lipinski definition) is 4. The lowest BCUT2D eigenvalue weighted by Crippen LogP contribution is -2.32. The molecule has 3 rings (SSSR count). The van der Waals surface area contributed by atoms with E-state index < -0.39 is 7.12 Å². The Labute approximate surface area is 213 Å². The summed E-state index contributed by atoms with van der Waals surface area (Å²) in [6.07, 6.45) is 17.1. The molecule has 0 aromatic heterocycles. The van der Waals surface area contributed by atoms with E-state index in [-0.39, 0.29) is 13.1 Å². The van der Waals surface area contributed by atoms with Gasteiger partial charge >= 0.3 is 14.8 Å². The van der Waals surface area contributed by atoms with Crippen LogP contribution in [0.25, 0.3) is 11.1 Å². The molecular weight excluding hydrogens is 434 g/mol. The Hall–Kier alpha value is -1.75. The van der Waals surface area contributed by atoms with Gasteiger partial charge < -0.3 is 19.7 Å². The summed E-state index contributed by atoms with van der Waals surface area (Å²) in [5.74, 6) is 0.691. The fraction of sp³-hybridized carbons (Fsp3) is 0.586. The highest BCUT2D eigenvalue weighted by Crippen LogP contribution is 2.54. The minimum absolute atomic E-state index is 0.167. The lowest BCUT2D eigenvalue weighted by atomic mass is 9.68. The molecule has 0 spiro atoms. The normalized spacial score (nSPS) is 13.4. The van der Waals surface area contributed by atoms with Crippen molar-refractivity contribution in [1.82, 2.24) is 0 Å². The van der Waals surface area contributed by atoms with Gasteiger partial charge in [-0.1, -0.05) is 115 Å². The maximum absolute atomic E-state index is 9.96. The summed E-state index contributed by atoms with van der Waals surface area (Å²) in [5, 5.41) is 29.3. The van der Waals surface area contributed by atoms with Crippen LogP contribution in [0.2, 0.25) is 0 Å². The molecule has 35 heavy (non-hydrogen) atoms. The summed E-state index contributed by atoms with van der Waals surface area (Å²) >= 11 is 0. The van der Waals surface area contributed by atoms with Crippen LogP contribution in [0.1, 0.15) is 115 Å². The Balaban J connectivity index is 1.95. The van der Waals surface area contributed by atoms with E-state index in [1.54, 1.807) is 0 Å². The summed E-state index contributed by atoms with van der Waals surface area (Å²) < 4.78 is 5.50. The van der Waals surface area contributed by atoms with Gasteiger partial charge in [0.05, 0.1) is 0 Å². The van der Waals surface area contributed by atoms with Gasteiger partial charge in [-0.05, 0) is 52.7 Å². The second-order valence-corrected chi connectivity index (χ2v) is 10.3. The Morgan fingerprint density at radius 2 is 1.23 bits per heavy atom. The Kier molecular flexibility index (Phi) is 11.2. The second kappa shape index (κ2) is 14.1. The molecule has 2 aromatic rings. The summed E-state index contributed by atoms with van der Waals surface area (Å²) in [7, 11) is -1.81. The van der Waals surface area contributed by atoms with Gasteiger partial charge in [0.15, 0.2) is 0 Å². The van der Waals surface area contributed by atoms with E-state index >= 15 is 0 Å². The average molecular weight is 478 g/mol. The number of benzene rings is 2. The van der Waals surface area contributed by atoms with E-state index in [0.717, 1.165) is 25.7 Å². The smallest absolute Gasteiger partial charge is 0.504 e. The van der Waals surface area contributed by atoms with Gasteiger partial charge in [0, 0.05) is 5.41 Å². The molecule has 0 amide bonds. The number of unbranched alkanes of at least 4 members (excludes halogenated alkanes) is 10. The molecule has 0 radical (unpaired) electrons. The zero-order valence-electron chi connectivity index (χ0n) is 21.9. The molecule has 2 aromatic carbocycles. The lowest BCUT2D eigenvalue weighted by molar-refractivity contribution is 0.395. The van der Waals surface area contributed by atoms with Crippen LogP contribution in [-0.4, -0.2) is 29.9 Å². The summed E-state index contributed by atoms with van der Waals surface area (Å²) in [4.78, 5) is 0. The second-order valence-electron chi connectivity index (χ2n) is 10.3. The van der Waals surface area contributed by atoms with Crippen LogP contribution >= 0.6 is 0 Å². The van der Waals surface area contributed by atoms with Crippen molar-refractivity contribution >= 4 is 20.3 Å². The van der Waals surface area contributed by atoms with Crippen LogP contribution in [0, 0.1) is 0 Å². The molecule has 190 valence electrons. The van der Waals surface area contributed by atoms with Crippen molar-refractivity contribution in [2.45, 2.75) is 109 Å². The molecule has 0 unspecified atom stereocenters. The van der Waals surface area contributed by atoms with E-state index in [2.05, 4.69) is 32.0 Å². The average Bonchev–Trinajstić information content (AvgIpc) is 3.12. The van der Waals surface area contributed by atoms with E-state index in [0.29, 0.717) is 11.2 Å². The van der Waals surface area contributed by atoms with Gasteiger partial charge in [0.2, 0.25) is 0 Å². The third-order valence-corrected chi connectivity index (χ3v) is 7.80. The van der Waals surface area contributed by atoms with Gasteiger partial charge in [-0.25, -0.2) is 0 Å². The van der Waals surface area contributed by atoms with Crippen molar-refractivity contribution in [3.8, 4) is 16.9 Å². The first-order valence-electron chi connectivity index (χ1n) is 14.0. The highest BCUT2D eigenvalue weighted by molar-refractivity contribution is 6.58. The van der Waals surface area contributed by atoms with E-state index in [4.69, 9.17) is 4.65 Å².